The predicted octanol–water partition coefficient (Wildman–Crippen LogP) is 4.99. The van der Waals surface area contributed by atoms with Crippen molar-refractivity contribution < 1.29 is 9.18 Å². The number of hydrogen-bond acceptors (Lipinski definition) is 4. The molecule has 1 saturated carbocycles. The average molecular weight is 405 g/mol. The van der Waals surface area contributed by atoms with Gasteiger partial charge in [-0.2, -0.15) is 0 Å². The van der Waals surface area contributed by atoms with Gasteiger partial charge in [-0.05, 0) is 38.3 Å². The fraction of sp³-hybridized carbons (Fsp3) is 0.571. The van der Waals surface area contributed by atoms with E-state index in [2.05, 4.69) is 29.4 Å². The van der Waals surface area contributed by atoms with E-state index in [9.17, 15) is 9.18 Å². The maximum atomic E-state index is 14.2. The average Bonchev–Trinajstić information content (AvgIpc) is 3.43. The largest absolute Gasteiger partial charge is 0.353 e. The van der Waals surface area contributed by atoms with Gasteiger partial charge in [0.1, 0.15) is 5.82 Å². The summed E-state index contributed by atoms with van der Waals surface area (Å²) >= 11 is 1.37. The molecule has 1 atom stereocenters. The molecule has 1 aliphatic rings. The topological polar surface area (TPSA) is 59.8 Å². The van der Waals surface area contributed by atoms with Crippen LogP contribution in [0.5, 0.6) is 0 Å². The first-order valence-corrected chi connectivity index (χ1v) is 11.2. The van der Waals surface area contributed by atoms with E-state index in [1.807, 2.05) is 4.57 Å². The van der Waals surface area contributed by atoms with Crippen molar-refractivity contribution in [2.24, 2.45) is 0 Å². The van der Waals surface area contributed by atoms with Gasteiger partial charge in [-0.15, -0.1) is 10.2 Å². The number of halogens is 1. The molecule has 28 heavy (non-hydrogen) atoms. The number of carbonyl (C=O) groups is 1. The number of rotatable bonds is 11. The molecule has 5 nitrogen and oxygen atoms in total. The maximum Gasteiger partial charge on any atom is 0.230 e. The van der Waals surface area contributed by atoms with Gasteiger partial charge < -0.3 is 5.32 Å². The van der Waals surface area contributed by atoms with Crippen LogP contribution in [0.25, 0.3) is 11.4 Å². The fourth-order valence-corrected chi connectivity index (χ4v) is 4.08. The van der Waals surface area contributed by atoms with Crippen molar-refractivity contribution >= 4 is 17.7 Å². The molecule has 0 saturated heterocycles. The monoisotopic (exact) mass is 404 g/mol. The summed E-state index contributed by atoms with van der Waals surface area (Å²) in [6, 6.07) is 7.10. The van der Waals surface area contributed by atoms with Gasteiger partial charge in [-0.1, -0.05) is 56.5 Å². The highest BCUT2D eigenvalue weighted by Gasteiger charge is 2.31. The Kier molecular flexibility index (Phi) is 7.48. The molecule has 1 heterocycles. The Morgan fingerprint density at radius 3 is 2.79 bits per heavy atom. The smallest absolute Gasteiger partial charge is 0.230 e. The molecule has 0 spiro atoms. The number of carbonyl (C=O) groups excluding carboxylic acids is 1. The third kappa shape index (κ3) is 5.56. The second kappa shape index (κ2) is 10.0. The lowest BCUT2D eigenvalue weighted by molar-refractivity contribution is -0.119. The summed E-state index contributed by atoms with van der Waals surface area (Å²) in [5, 5.41) is 12.2. The minimum Gasteiger partial charge on any atom is -0.353 e. The summed E-state index contributed by atoms with van der Waals surface area (Å²) in [6.07, 6.45) is 7.90. The van der Waals surface area contributed by atoms with Crippen molar-refractivity contribution in [1.82, 2.24) is 20.1 Å². The first kappa shape index (κ1) is 20.8. The molecule has 7 heteroatoms. The lowest BCUT2D eigenvalue weighted by Crippen LogP contribution is -2.33. The van der Waals surface area contributed by atoms with Crippen LogP contribution in [-0.2, 0) is 4.79 Å². The SMILES string of the molecule is CCCCCC[C@H](C)NC(=O)CSc1nnc(-c2ccccc2F)n1C1CC1. The molecule has 1 amide bonds. The Bertz CT molecular complexity index is 790. The summed E-state index contributed by atoms with van der Waals surface area (Å²) in [5.74, 6) is 0.545. The number of aromatic nitrogens is 3. The molecule has 1 aliphatic carbocycles. The molecular formula is C21H29FN4OS. The van der Waals surface area contributed by atoms with Crippen molar-refractivity contribution in [2.45, 2.75) is 76.0 Å². The Morgan fingerprint density at radius 1 is 1.29 bits per heavy atom. The summed E-state index contributed by atoms with van der Waals surface area (Å²) in [5.41, 5.74) is 0.457. The van der Waals surface area contributed by atoms with E-state index in [1.54, 1.807) is 18.2 Å². The molecule has 1 N–H and O–H groups in total. The minimum atomic E-state index is -0.303. The van der Waals surface area contributed by atoms with Crippen LogP contribution in [0.2, 0.25) is 0 Å². The van der Waals surface area contributed by atoms with Gasteiger partial charge in [-0.3, -0.25) is 9.36 Å². The summed E-state index contributed by atoms with van der Waals surface area (Å²) in [6.45, 7) is 4.25. The van der Waals surface area contributed by atoms with Crippen LogP contribution in [0.15, 0.2) is 29.4 Å². The van der Waals surface area contributed by atoms with Crippen molar-refractivity contribution in [3.63, 3.8) is 0 Å². The number of nitrogens with zero attached hydrogens (tertiary/aromatic N) is 3. The highest BCUT2D eigenvalue weighted by Crippen LogP contribution is 2.41. The normalized spacial score (nSPS) is 14.8. The van der Waals surface area contributed by atoms with Gasteiger partial charge >= 0.3 is 0 Å². The van der Waals surface area contributed by atoms with Crippen molar-refractivity contribution in [1.29, 1.82) is 0 Å². The first-order chi connectivity index (χ1) is 13.6. The predicted molar refractivity (Wildman–Crippen MR) is 111 cm³/mol. The Balaban J connectivity index is 1.58. The van der Waals surface area contributed by atoms with Crippen molar-refractivity contribution in [3.8, 4) is 11.4 Å². The van der Waals surface area contributed by atoms with E-state index in [0.29, 0.717) is 28.3 Å². The van der Waals surface area contributed by atoms with Gasteiger partial charge in [0.15, 0.2) is 11.0 Å². The zero-order valence-corrected chi connectivity index (χ0v) is 17.5. The van der Waals surface area contributed by atoms with Gasteiger partial charge in [0, 0.05) is 12.1 Å². The Morgan fingerprint density at radius 2 is 2.07 bits per heavy atom. The molecule has 0 radical (unpaired) electrons. The van der Waals surface area contributed by atoms with Crippen molar-refractivity contribution in [2.75, 3.05) is 5.75 Å². The van der Waals surface area contributed by atoms with Crippen LogP contribution in [0, 0.1) is 5.82 Å². The third-order valence-corrected chi connectivity index (χ3v) is 5.86. The first-order valence-electron chi connectivity index (χ1n) is 10.2. The standard InChI is InChI=1S/C21H29FN4OS/c1-3-4-5-6-9-15(2)23-19(27)14-28-21-25-24-20(26(21)16-12-13-16)17-10-7-8-11-18(17)22/h7-8,10-11,15-16H,3-6,9,12-14H2,1-2H3,(H,23,27)/t15-/m0/s1. The zero-order valence-electron chi connectivity index (χ0n) is 16.7. The highest BCUT2D eigenvalue weighted by atomic mass is 32.2. The van der Waals surface area contributed by atoms with E-state index in [-0.39, 0.29) is 17.8 Å². The van der Waals surface area contributed by atoms with Crippen molar-refractivity contribution in [3.05, 3.63) is 30.1 Å². The van der Waals surface area contributed by atoms with Gasteiger partial charge in [0.2, 0.25) is 5.91 Å². The summed E-state index contributed by atoms with van der Waals surface area (Å²) in [4.78, 5) is 12.3. The number of amides is 1. The van der Waals surface area contributed by atoms with Crippen LogP contribution < -0.4 is 5.32 Å². The Hall–Kier alpha value is -1.89. The summed E-state index contributed by atoms with van der Waals surface area (Å²) < 4.78 is 16.2. The number of thioether (sulfide) groups is 1. The molecule has 1 aromatic carbocycles. The molecule has 0 bridgehead atoms. The lowest BCUT2D eigenvalue weighted by atomic mass is 10.1. The van der Waals surface area contributed by atoms with E-state index in [4.69, 9.17) is 0 Å². The van der Waals surface area contributed by atoms with E-state index in [0.717, 1.165) is 25.7 Å². The second-order valence-electron chi connectivity index (χ2n) is 7.49. The van der Waals surface area contributed by atoms with Gasteiger partial charge in [0.05, 0.1) is 11.3 Å². The minimum absolute atomic E-state index is 0.00535. The highest BCUT2D eigenvalue weighted by molar-refractivity contribution is 7.99. The number of hydrogen-bond donors (Lipinski definition) is 1. The molecule has 0 aliphatic heterocycles. The molecule has 2 aromatic rings. The number of benzene rings is 1. The van der Waals surface area contributed by atoms with E-state index < -0.39 is 0 Å². The lowest BCUT2D eigenvalue weighted by Gasteiger charge is -2.14. The molecular weight excluding hydrogens is 375 g/mol. The molecule has 0 unspecified atom stereocenters. The zero-order chi connectivity index (χ0) is 19.9. The van der Waals surface area contributed by atoms with Crippen LogP contribution >= 0.6 is 11.8 Å². The summed E-state index contributed by atoms with van der Waals surface area (Å²) in [7, 11) is 0. The Labute approximate surface area is 170 Å². The quantitative estimate of drug-likeness (QED) is 0.424. The van der Waals surface area contributed by atoms with Crippen LogP contribution in [0.4, 0.5) is 4.39 Å². The van der Waals surface area contributed by atoms with E-state index >= 15 is 0 Å². The molecule has 152 valence electrons. The third-order valence-electron chi connectivity index (χ3n) is 4.92. The van der Waals surface area contributed by atoms with Crippen LogP contribution in [0.3, 0.4) is 0 Å². The molecule has 1 fully saturated rings. The molecule has 3 rings (SSSR count). The second-order valence-corrected chi connectivity index (χ2v) is 8.44. The van der Waals surface area contributed by atoms with Crippen LogP contribution in [-0.4, -0.2) is 32.5 Å². The number of nitrogens with one attached hydrogen (secondary N) is 1. The molecule has 1 aromatic heterocycles. The van der Waals surface area contributed by atoms with Gasteiger partial charge in [0.25, 0.3) is 0 Å². The number of unbranched alkanes of at least 4 members (excludes halogenated alkanes) is 3. The maximum absolute atomic E-state index is 14.2. The fourth-order valence-electron chi connectivity index (χ4n) is 3.26. The van der Waals surface area contributed by atoms with E-state index in [1.165, 1.54) is 37.1 Å². The van der Waals surface area contributed by atoms with Gasteiger partial charge in [-0.25, -0.2) is 4.39 Å². The van der Waals surface area contributed by atoms with Crippen LogP contribution in [0.1, 0.15) is 64.8 Å².